The standard InChI is InChI=1S/C38H37N5O5/c1-26(44)28(22-43-25-41-34-35(39-24-40-36(34)43)42-37(45)27-10-6-4-7-11-27)23-48-38(29-12-8-5-9-13-29,30-14-18-32(46-2)19-15-30)31-16-20-33(47-3)21-17-31/h4-21,24-26,28,44H,22-23H2,1-3H3,(H,39,40,42,45)/t26-,28-/m1/s1. The topological polar surface area (TPSA) is 121 Å². The van der Waals surface area contributed by atoms with Gasteiger partial charge in [-0.1, -0.05) is 72.8 Å². The van der Waals surface area contributed by atoms with Gasteiger partial charge >= 0.3 is 0 Å². The minimum absolute atomic E-state index is 0.174. The third-order valence-corrected chi connectivity index (χ3v) is 8.47. The lowest BCUT2D eigenvalue weighted by Crippen LogP contribution is -2.37. The maximum absolute atomic E-state index is 12.9. The van der Waals surface area contributed by atoms with Gasteiger partial charge in [0.15, 0.2) is 17.0 Å². The maximum atomic E-state index is 12.9. The second kappa shape index (κ2) is 14.5. The van der Waals surface area contributed by atoms with Crippen molar-refractivity contribution in [2.45, 2.75) is 25.2 Å². The number of carbonyl (C=O) groups excluding carboxylic acids is 1. The summed E-state index contributed by atoms with van der Waals surface area (Å²) in [6.07, 6.45) is 2.29. The average Bonchev–Trinajstić information content (AvgIpc) is 3.56. The van der Waals surface area contributed by atoms with Gasteiger partial charge in [0.25, 0.3) is 5.91 Å². The van der Waals surface area contributed by atoms with Crippen LogP contribution in [-0.4, -0.2) is 57.5 Å². The summed E-state index contributed by atoms with van der Waals surface area (Å²) in [5, 5.41) is 13.9. The molecule has 6 rings (SSSR count). The first-order chi connectivity index (χ1) is 23.4. The van der Waals surface area contributed by atoms with Gasteiger partial charge in [0.05, 0.1) is 33.3 Å². The number of methoxy groups -OCH3 is 2. The highest BCUT2D eigenvalue weighted by molar-refractivity contribution is 6.06. The normalized spacial score (nSPS) is 12.8. The molecule has 0 spiro atoms. The molecule has 48 heavy (non-hydrogen) atoms. The summed E-state index contributed by atoms with van der Waals surface area (Å²) in [4.78, 5) is 26.2. The van der Waals surface area contributed by atoms with Gasteiger partial charge in [0, 0.05) is 18.0 Å². The summed E-state index contributed by atoms with van der Waals surface area (Å²) in [6.45, 7) is 2.26. The molecule has 2 heterocycles. The van der Waals surface area contributed by atoms with Crippen molar-refractivity contribution < 1.29 is 24.1 Å². The first kappa shape index (κ1) is 32.4. The fraction of sp³-hybridized carbons (Fsp3) is 0.211. The second-order valence-corrected chi connectivity index (χ2v) is 11.4. The zero-order valence-corrected chi connectivity index (χ0v) is 27.0. The van der Waals surface area contributed by atoms with Gasteiger partial charge < -0.3 is 29.2 Å². The molecule has 0 unspecified atom stereocenters. The smallest absolute Gasteiger partial charge is 0.256 e. The number of rotatable bonds is 13. The number of carbonyl (C=O) groups is 1. The number of hydrogen-bond acceptors (Lipinski definition) is 8. The molecule has 2 atom stereocenters. The number of aliphatic hydroxyl groups is 1. The van der Waals surface area contributed by atoms with E-state index >= 15 is 0 Å². The SMILES string of the molecule is COc1ccc(C(OC[C@@H](Cn2cnc3c(NC(=O)c4ccccc4)ncnc32)[C@@H](C)O)(c2ccccc2)c2ccc(OC)cc2)cc1. The first-order valence-corrected chi connectivity index (χ1v) is 15.6. The Labute approximate surface area is 279 Å². The van der Waals surface area contributed by atoms with Crippen LogP contribution in [0.25, 0.3) is 11.2 Å². The molecule has 0 saturated heterocycles. The Balaban J connectivity index is 1.34. The van der Waals surface area contributed by atoms with E-state index in [1.54, 1.807) is 51.7 Å². The number of amides is 1. The average molecular weight is 644 g/mol. The Morgan fingerprint density at radius 1 is 0.792 bits per heavy atom. The minimum Gasteiger partial charge on any atom is -0.497 e. The summed E-state index contributed by atoms with van der Waals surface area (Å²) < 4.78 is 19.9. The molecule has 2 N–H and O–H groups in total. The molecule has 10 heteroatoms. The summed E-state index contributed by atoms with van der Waals surface area (Å²) in [5.41, 5.74) is 3.14. The van der Waals surface area contributed by atoms with Crippen LogP contribution in [-0.2, 0) is 16.9 Å². The molecule has 0 aliphatic heterocycles. The number of aliphatic hydroxyl groups excluding tert-OH is 1. The van der Waals surface area contributed by atoms with Gasteiger partial charge in [-0.05, 0) is 60.0 Å². The lowest BCUT2D eigenvalue weighted by Gasteiger charge is -2.37. The highest BCUT2D eigenvalue weighted by atomic mass is 16.5. The van der Waals surface area contributed by atoms with Crippen LogP contribution in [0, 0.1) is 5.92 Å². The van der Waals surface area contributed by atoms with Crippen molar-refractivity contribution in [3.8, 4) is 11.5 Å². The zero-order valence-electron chi connectivity index (χ0n) is 27.0. The van der Waals surface area contributed by atoms with Crippen LogP contribution in [0.2, 0.25) is 0 Å². The molecule has 0 aliphatic rings. The van der Waals surface area contributed by atoms with E-state index in [0.29, 0.717) is 29.1 Å². The Morgan fingerprint density at radius 3 is 1.92 bits per heavy atom. The van der Waals surface area contributed by atoms with Crippen molar-refractivity contribution in [1.29, 1.82) is 0 Å². The van der Waals surface area contributed by atoms with Crippen LogP contribution in [0.4, 0.5) is 5.82 Å². The maximum Gasteiger partial charge on any atom is 0.256 e. The number of aromatic nitrogens is 4. The number of anilines is 1. The number of ether oxygens (including phenoxy) is 3. The summed E-state index contributed by atoms with van der Waals surface area (Å²) in [7, 11) is 3.27. The third-order valence-electron chi connectivity index (χ3n) is 8.47. The van der Waals surface area contributed by atoms with Crippen LogP contribution in [0.5, 0.6) is 11.5 Å². The van der Waals surface area contributed by atoms with Gasteiger partial charge in [-0.2, -0.15) is 0 Å². The predicted molar refractivity (Wildman–Crippen MR) is 183 cm³/mol. The Bertz CT molecular complexity index is 1900. The predicted octanol–water partition coefficient (Wildman–Crippen LogP) is 6.10. The largest absolute Gasteiger partial charge is 0.497 e. The molecule has 244 valence electrons. The number of hydrogen-bond donors (Lipinski definition) is 2. The molecular formula is C38H37N5O5. The van der Waals surface area contributed by atoms with E-state index in [4.69, 9.17) is 14.2 Å². The van der Waals surface area contributed by atoms with E-state index in [9.17, 15) is 9.90 Å². The number of fused-ring (bicyclic) bond motifs is 1. The van der Waals surface area contributed by atoms with Crippen LogP contribution in [0.3, 0.4) is 0 Å². The van der Waals surface area contributed by atoms with Crippen LogP contribution in [0.15, 0.2) is 122 Å². The van der Waals surface area contributed by atoms with Crippen molar-refractivity contribution in [2.75, 3.05) is 26.1 Å². The summed E-state index contributed by atoms with van der Waals surface area (Å²) >= 11 is 0. The fourth-order valence-corrected chi connectivity index (χ4v) is 5.78. The third kappa shape index (κ3) is 6.62. The molecule has 0 radical (unpaired) electrons. The zero-order chi connectivity index (χ0) is 33.5. The molecular weight excluding hydrogens is 606 g/mol. The molecule has 0 aliphatic carbocycles. The van der Waals surface area contributed by atoms with Crippen molar-refractivity contribution in [3.63, 3.8) is 0 Å². The van der Waals surface area contributed by atoms with Crippen molar-refractivity contribution >= 4 is 22.9 Å². The quantitative estimate of drug-likeness (QED) is 0.145. The van der Waals surface area contributed by atoms with E-state index in [2.05, 4.69) is 20.3 Å². The monoisotopic (exact) mass is 643 g/mol. The van der Waals surface area contributed by atoms with Crippen molar-refractivity contribution in [1.82, 2.24) is 19.5 Å². The van der Waals surface area contributed by atoms with Gasteiger partial charge in [-0.25, -0.2) is 15.0 Å². The molecule has 0 bridgehead atoms. The number of nitrogens with one attached hydrogen (secondary N) is 1. The fourth-order valence-electron chi connectivity index (χ4n) is 5.78. The molecule has 4 aromatic carbocycles. The van der Waals surface area contributed by atoms with Gasteiger partial charge in [0.1, 0.15) is 23.4 Å². The lowest BCUT2D eigenvalue weighted by molar-refractivity contribution is -0.0381. The summed E-state index contributed by atoms with van der Waals surface area (Å²) in [6, 6.07) is 34.6. The molecule has 6 aromatic rings. The lowest BCUT2D eigenvalue weighted by atomic mass is 9.79. The first-order valence-electron chi connectivity index (χ1n) is 15.6. The van der Waals surface area contributed by atoms with Gasteiger partial charge in [-0.3, -0.25) is 4.79 Å². The highest BCUT2D eigenvalue weighted by Crippen LogP contribution is 2.42. The van der Waals surface area contributed by atoms with Gasteiger partial charge in [0.2, 0.25) is 0 Å². The molecule has 10 nitrogen and oxygen atoms in total. The van der Waals surface area contributed by atoms with Crippen LogP contribution >= 0.6 is 0 Å². The Hall–Kier alpha value is -5.58. The second-order valence-electron chi connectivity index (χ2n) is 11.4. The van der Waals surface area contributed by atoms with Crippen molar-refractivity contribution in [2.24, 2.45) is 5.92 Å². The van der Waals surface area contributed by atoms with E-state index in [-0.39, 0.29) is 18.4 Å². The molecule has 1 amide bonds. The van der Waals surface area contributed by atoms with E-state index in [0.717, 1.165) is 28.2 Å². The minimum atomic E-state index is -1.04. The molecule has 0 saturated carbocycles. The number of imidazole rings is 1. The van der Waals surface area contributed by atoms with Crippen LogP contribution < -0.4 is 14.8 Å². The van der Waals surface area contributed by atoms with E-state index in [1.807, 2.05) is 89.5 Å². The number of benzene rings is 4. The van der Waals surface area contributed by atoms with Crippen molar-refractivity contribution in [3.05, 3.63) is 144 Å². The Morgan fingerprint density at radius 2 is 1.35 bits per heavy atom. The van der Waals surface area contributed by atoms with E-state index in [1.165, 1.54) is 6.33 Å². The Kier molecular flexibility index (Phi) is 9.75. The van der Waals surface area contributed by atoms with Crippen LogP contribution in [0.1, 0.15) is 34.0 Å². The number of nitrogens with zero attached hydrogens (tertiary/aromatic N) is 4. The van der Waals surface area contributed by atoms with E-state index < -0.39 is 11.7 Å². The van der Waals surface area contributed by atoms with Gasteiger partial charge in [-0.15, -0.1) is 0 Å². The highest BCUT2D eigenvalue weighted by Gasteiger charge is 2.39. The summed E-state index contributed by atoms with van der Waals surface area (Å²) in [5.74, 6) is 1.09. The molecule has 0 fully saturated rings. The molecule has 2 aromatic heterocycles.